The maximum atomic E-state index is 13.6. The topological polar surface area (TPSA) is 43.8 Å². The summed E-state index contributed by atoms with van der Waals surface area (Å²) in [4.78, 5) is 4.46. The molecule has 2 aromatic carbocycles. The number of alkyl halides is 1. The summed E-state index contributed by atoms with van der Waals surface area (Å²) in [6.07, 6.45) is 0. The van der Waals surface area contributed by atoms with E-state index in [0.717, 1.165) is 11.0 Å². The minimum absolute atomic E-state index is 0.0851. The SMILES string of the molecule is Nc1ccc(-c2nc3ccccc3n2CCF)cc1F. The first-order valence-electron chi connectivity index (χ1n) is 6.27. The first-order valence-corrected chi connectivity index (χ1v) is 6.27. The summed E-state index contributed by atoms with van der Waals surface area (Å²) in [5, 5.41) is 0. The third kappa shape index (κ3) is 2.01. The molecule has 0 bridgehead atoms. The van der Waals surface area contributed by atoms with Crippen molar-refractivity contribution >= 4 is 16.7 Å². The number of rotatable bonds is 3. The molecule has 3 nitrogen and oxygen atoms in total. The number of nitrogens with zero attached hydrogens (tertiary/aromatic N) is 2. The van der Waals surface area contributed by atoms with Crippen LogP contribution in [0.2, 0.25) is 0 Å². The second-order valence-electron chi connectivity index (χ2n) is 4.50. The van der Waals surface area contributed by atoms with Gasteiger partial charge in [-0.1, -0.05) is 12.1 Å². The van der Waals surface area contributed by atoms with Crippen LogP contribution in [0.25, 0.3) is 22.4 Å². The molecule has 0 fully saturated rings. The first kappa shape index (κ1) is 12.6. The van der Waals surface area contributed by atoms with Crippen molar-refractivity contribution in [1.82, 2.24) is 9.55 Å². The van der Waals surface area contributed by atoms with Gasteiger partial charge in [-0.15, -0.1) is 0 Å². The summed E-state index contributed by atoms with van der Waals surface area (Å²) in [5.41, 5.74) is 7.73. The zero-order valence-electron chi connectivity index (χ0n) is 10.7. The molecule has 0 aliphatic rings. The van der Waals surface area contributed by atoms with E-state index < -0.39 is 12.5 Å². The normalized spacial score (nSPS) is 11.1. The highest BCUT2D eigenvalue weighted by molar-refractivity contribution is 5.80. The van der Waals surface area contributed by atoms with Gasteiger partial charge in [0.2, 0.25) is 0 Å². The molecule has 0 atom stereocenters. The molecule has 0 amide bonds. The summed E-state index contributed by atoms with van der Waals surface area (Å²) in [5.74, 6) is 0.0455. The predicted molar refractivity (Wildman–Crippen MR) is 75.5 cm³/mol. The Morgan fingerprint density at radius 3 is 2.70 bits per heavy atom. The molecule has 5 heteroatoms. The lowest BCUT2D eigenvalue weighted by molar-refractivity contribution is 0.451. The molecule has 0 unspecified atom stereocenters. The molecule has 0 spiro atoms. The van der Waals surface area contributed by atoms with E-state index in [-0.39, 0.29) is 12.2 Å². The molecular formula is C15H13F2N3. The number of halogens is 2. The van der Waals surface area contributed by atoms with E-state index in [1.54, 1.807) is 10.6 Å². The summed E-state index contributed by atoms with van der Waals surface area (Å²) in [7, 11) is 0. The maximum Gasteiger partial charge on any atom is 0.146 e. The van der Waals surface area contributed by atoms with Gasteiger partial charge in [0.05, 0.1) is 23.3 Å². The summed E-state index contributed by atoms with van der Waals surface area (Å²) >= 11 is 0. The predicted octanol–water partition coefficient (Wildman–Crippen LogP) is 3.39. The van der Waals surface area contributed by atoms with E-state index in [2.05, 4.69) is 4.98 Å². The Bertz CT molecular complexity index is 765. The molecule has 0 aliphatic heterocycles. The van der Waals surface area contributed by atoms with Crippen molar-refractivity contribution in [3.05, 3.63) is 48.3 Å². The van der Waals surface area contributed by atoms with Crippen LogP contribution in [0.4, 0.5) is 14.5 Å². The molecule has 0 aliphatic carbocycles. The van der Waals surface area contributed by atoms with Crippen LogP contribution in [0.15, 0.2) is 42.5 Å². The molecule has 2 N–H and O–H groups in total. The zero-order valence-corrected chi connectivity index (χ0v) is 10.7. The van der Waals surface area contributed by atoms with Crippen LogP contribution >= 0.6 is 0 Å². The average molecular weight is 273 g/mol. The van der Waals surface area contributed by atoms with E-state index in [1.165, 1.54) is 12.1 Å². The number of fused-ring (bicyclic) bond motifs is 1. The van der Waals surface area contributed by atoms with Gasteiger partial charge >= 0.3 is 0 Å². The Morgan fingerprint density at radius 1 is 1.15 bits per heavy atom. The number of aryl methyl sites for hydroxylation is 1. The van der Waals surface area contributed by atoms with Crippen LogP contribution in [0, 0.1) is 5.82 Å². The third-order valence-corrected chi connectivity index (χ3v) is 3.22. The van der Waals surface area contributed by atoms with Gasteiger partial charge in [-0.25, -0.2) is 13.8 Å². The Labute approximate surface area is 114 Å². The number of aromatic nitrogens is 2. The van der Waals surface area contributed by atoms with Gasteiger partial charge in [-0.05, 0) is 30.3 Å². The number of benzene rings is 2. The van der Waals surface area contributed by atoms with Crippen LogP contribution in [-0.2, 0) is 6.54 Å². The van der Waals surface area contributed by atoms with Gasteiger partial charge in [0.25, 0.3) is 0 Å². The van der Waals surface area contributed by atoms with Crippen LogP contribution < -0.4 is 5.73 Å². The van der Waals surface area contributed by atoms with E-state index in [4.69, 9.17) is 5.73 Å². The second kappa shape index (κ2) is 4.92. The van der Waals surface area contributed by atoms with Gasteiger partial charge in [0.1, 0.15) is 18.3 Å². The monoisotopic (exact) mass is 273 g/mol. The van der Waals surface area contributed by atoms with Crippen molar-refractivity contribution in [1.29, 1.82) is 0 Å². The van der Waals surface area contributed by atoms with E-state index in [0.29, 0.717) is 11.4 Å². The summed E-state index contributed by atoms with van der Waals surface area (Å²) in [6, 6.07) is 12.0. The highest BCUT2D eigenvalue weighted by Gasteiger charge is 2.13. The van der Waals surface area contributed by atoms with Crippen molar-refractivity contribution in [3.8, 4) is 11.4 Å². The molecule has 0 saturated carbocycles. The second-order valence-corrected chi connectivity index (χ2v) is 4.50. The fourth-order valence-corrected chi connectivity index (χ4v) is 2.27. The van der Waals surface area contributed by atoms with Gasteiger partial charge in [-0.3, -0.25) is 0 Å². The number of hydrogen-bond donors (Lipinski definition) is 1. The Balaban J connectivity index is 2.23. The molecule has 3 aromatic rings. The number of nitrogens with two attached hydrogens (primary N) is 1. The number of nitrogen functional groups attached to an aromatic ring is 1. The number of hydrogen-bond acceptors (Lipinski definition) is 2. The fraction of sp³-hybridized carbons (Fsp3) is 0.133. The zero-order chi connectivity index (χ0) is 14.1. The van der Waals surface area contributed by atoms with Gasteiger partial charge in [0.15, 0.2) is 0 Å². The lowest BCUT2D eigenvalue weighted by Gasteiger charge is -2.07. The summed E-state index contributed by atoms with van der Waals surface area (Å²) in [6.45, 7) is -0.327. The largest absolute Gasteiger partial charge is 0.396 e. The average Bonchev–Trinajstić information content (AvgIpc) is 2.82. The number of para-hydroxylation sites is 2. The van der Waals surface area contributed by atoms with Crippen molar-refractivity contribution in [2.45, 2.75) is 6.54 Å². The highest BCUT2D eigenvalue weighted by Crippen LogP contribution is 2.26. The Kier molecular flexibility index (Phi) is 3.10. The number of imidazole rings is 1. The molecule has 102 valence electrons. The van der Waals surface area contributed by atoms with Crippen molar-refractivity contribution in [2.75, 3.05) is 12.4 Å². The molecule has 3 rings (SSSR count). The van der Waals surface area contributed by atoms with Crippen LogP contribution in [0.5, 0.6) is 0 Å². The third-order valence-electron chi connectivity index (χ3n) is 3.22. The smallest absolute Gasteiger partial charge is 0.146 e. The van der Waals surface area contributed by atoms with Crippen molar-refractivity contribution in [3.63, 3.8) is 0 Å². The standard InChI is InChI=1S/C15H13F2N3/c16-7-8-20-14-4-2-1-3-13(14)19-15(20)10-5-6-12(18)11(17)9-10/h1-6,9H,7-8,18H2. The van der Waals surface area contributed by atoms with E-state index >= 15 is 0 Å². The highest BCUT2D eigenvalue weighted by atomic mass is 19.1. The van der Waals surface area contributed by atoms with Crippen LogP contribution in [-0.4, -0.2) is 16.2 Å². The minimum Gasteiger partial charge on any atom is -0.396 e. The lowest BCUT2D eigenvalue weighted by Crippen LogP contribution is -2.02. The van der Waals surface area contributed by atoms with Crippen LogP contribution in [0.3, 0.4) is 0 Å². The fourth-order valence-electron chi connectivity index (χ4n) is 2.27. The first-order chi connectivity index (χ1) is 9.70. The summed E-state index contributed by atoms with van der Waals surface area (Å²) < 4.78 is 28.1. The molecule has 0 saturated heterocycles. The van der Waals surface area contributed by atoms with E-state index in [1.807, 2.05) is 24.3 Å². The Hall–Kier alpha value is -2.43. The lowest BCUT2D eigenvalue weighted by atomic mass is 10.2. The maximum absolute atomic E-state index is 13.6. The molecule has 1 heterocycles. The van der Waals surface area contributed by atoms with Gasteiger partial charge < -0.3 is 10.3 Å². The molecule has 1 aromatic heterocycles. The molecule has 20 heavy (non-hydrogen) atoms. The molecular weight excluding hydrogens is 260 g/mol. The van der Waals surface area contributed by atoms with Crippen LogP contribution in [0.1, 0.15) is 0 Å². The van der Waals surface area contributed by atoms with Crippen molar-refractivity contribution < 1.29 is 8.78 Å². The van der Waals surface area contributed by atoms with Gasteiger partial charge in [0, 0.05) is 5.56 Å². The number of anilines is 1. The van der Waals surface area contributed by atoms with Crippen molar-refractivity contribution in [2.24, 2.45) is 0 Å². The Morgan fingerprint density at radius 2 is 1.95 bits per heavy atom. The molecule has 0 radical (unpaired) electrons. The van der Waals surface area contributed by atoms with E-state index in [9.17, 15) is 8.78 Å². The van der Waals surface area contributed by atoms with Gasteiger partial charge in [-0.2, -0.15) is 0 Å². The minimum atomic E-state index is -0.509. The quantitative estimate of drug-likeness (QED) is 0.743.